The molecule has 1 aromatic heterocycles. The van der Waals surface area contributed by atoms with Gasteiger partial charge in [0, 0.05) is 52.6 Å². The molecule has 0 spiro atoms. The fourth-order valence-corrected chi connectivity index (χ4v) is 3.09. The first kappa shape index (κ1) is 18.3. The Morgan fingerprint density at radius 2 is 1.81 bits per heavy atom. The third-order valence-electron chi connectivity index (χ3n) is 4.48. The van der Waals surface area contributed by atoms with E-state index in [1.807, 2.05) is 24.4 Å². The van der Waals surface area contributed by atoms with Crippen molar-refractivity contribution in [3.8, 4) is 5.75 Å². The maximum absolute atomic E-state index is 5.49. The second-order valence-corrected chi connectivity index (χ2v) is 6.16. The SMILES string of the molecule is COCCCNc1nccc(N2CCN(c3ccccc3OC)CC2)n1. The number of rotatable bonds is 8. The van der Waals surface area contributed by atoms with E-state index in [1.165, 1.54) is 0 Å². The van der Waals surface area contributed by atoms with Crippen molar-refractivity contribution in [1.29, 1.82) is 0 Å². The summed E-state index contributed by atoms with van der Waals surface area (Å²) in [7, 11) is 3.43. The topological polar surface area (TPSA) is 62.8 Å². The first-order valence-electron chi connectivity index (χ1n) is 9.00. The first-order valence-corrected chi connectivity index (χ1v) is 9.00. The lowest BCUT2D eigenvalue weighted by atomic mass is 10.2. The number of benzene rings is 1. The fourth-order valence-electron chi connectivity index (χ4n) is 3.09. The largest absolute Gasteiger partial charge is 0.495 e. The fraction of sp³-hybridized carbons (Fsp3) is 0.474. The molecule has 1 aliphatic rings. The smallest absolute Gasteiger partial charge is 0.224 e. The highest BCUT2D eigenvalue weighted by molar-refractivity contribution is 5.59. The van der Waals surface area contributed by atoms with Crippen molar-refractivity contribution >= 4 is 17.5 Å². The van der Waals surface area contributed by atoms with Gasteiger partial charge in [-0.1, -0.05) is 12.1 Å². The summed E-state index contributed by atoms with van der Waals surface area (Å²) in [5.74, 6) is 2.56. The van der Waals surface area contributed by atoms with Crippen molar-refractivity contribution in [2.24, 2.45) is 0 Å². The van der Waals surface area contributed by atoms with Crippen LogP contribution in [-0.2, 0) is 4.74 Å². The average molecular weight is 357 g/mol. The van der Waals surface area contributed by atoms with Crippen LogP contribution in [0.25, 0.3) is 0 Å². The molecule has 3 rings (SSSR count). The predicted octanol–water partition coefficient (Wildman–Crippen LogP) is 2.26. The zero-order valence-corrected chi connectivity index (χ0v) is 15.5. The Morgan fingerprint density at radius 3 is 2.58 bits per heavy atom. The molecule has 0 radical (unpaired) electrons. The quantitative estimate of drug-likeness (QED) is 0.727. The first-order chi connectivity index (χ1) is 12.8. The molecule has 7 nitrogen and oxygen atoms in total. The number of hydrogen-bond acceptors (Lipinski definition) is 7. The van der Waals surface area contributed by atoms with Gasteiger partial charge in [0.2, 0.25) is 5.95 Å². The zero-order chi connectivity index (χ0) is 18.2. The molecule has 1 fully saturated rings. The lowest BCUT2D eigenvalue weighted by Crippen LogP contribution is -2.47. The van der Waals surface area contributed by atoms with Crippen LogP contribution >= 0.6 is 0 Å². The van der Waals surface area contributed by atoms with Gasteiger partial charge < -0.3 is 24.6 Å². The second-order valence-electron chi connectivity index (χ2n) is 6.16. The summed E-state index contributed by atoms with van der Waals surface area (Å²) in [4.78, 5) is 13.6. The molecule has 7 heteroatoms. The lowest BCUT2D eigenvalue weighted by molar-refractivity contribution is 0.197. The summed E-state index contributed by atoms with van der Waals surface area (Å²) in [5.41, 5.74) is 1.15. The van der Waals surface area contributed by atoms with Crippen molar-refractivity contribution in [2.75, 3.05) is 68.7 Å². The van der Waals surface area contributed by atoms with Gasteiger partial charge in [-0.05, 0) is 24.6 Å². The van der Waals surface area contributed by atoms with Crippen molar-refractivity contribution in [3.63, 3.8) is 0 Å². The van der Waals surface area contributed by atoms with Crippen molar-refractivity contribution in [1.82, 2.24) is 9.97 Å². The molecule has 26 heavy (non-hydrogen) atoms. The Hall–Kier alpha value is -2.54. The normalized spacial score (nSPS) is 14.4. The van der Waals surface area contributed by atoms with Crippen molar-refractivity contribution in [3.05, 3.63) is 36.5 Å². The molecule has 1 aromatic carbocycles. The molecule has 0 unspecified atom stereocenters. The Morgan fingerprint density at radius 1 is 1.04 bits per heavy atom. The highest BCUT2D eigenvalue weighted by Crippen LogP contribution is 2.29. The Balaban J connectivity index is 1.58. The van der Waals surface area contributed by atoms with E-state index in [-0.39, 0.29) is 0 Å². The summed E-state index contributed by atoms with van der Waals surface area (Å²) in [6, 6.07) is 10.1. The van der Waals surface area contributed by atoms with Crippen LogP contribution in [0.4, 0.5) is 17.5 Å². The van der Waals surface area contributed by atoms with Gasteiger partial charge in [0.25, 0.3) is 0 Å². The average Bonchev–Trinajstić information content (AvgIpc) is 2.71. The highest BCUT2D eigenvalue weighted by Gasteiger charge is 2.20. The van der Waals surface area contributed by atoms with Crippen LogP contribution in [0.1, 0.15) is 6.42 Å². The van der Waals surface area contributed by atoms with Gasteiger partial charge in [0.1, 0.15) is 11.6 Å². The molecule has 1 N–H and O–H groups in total. The number of anilines is 3. The number of methoxy groups -OCH3 is 2. The van der Waals surface area contributed by atoms with Crippen LogP contribution in [0.2, 0.25) is 0 Å². The molecule has 1 aliphatic heterocycles. The minimum absolute atomic E-state index is 0.672. The van der Waals surface area contributed by atoms with Crippen LogP contribution in [0.15, 0.2) is 36.5 Å². The van der Waals surface area contributed by atoms with Crippen LogP contribution in [0.5, 0.6) is 5.75 Å². The van der Waals surface area contributed by atoms with Gasteiger partial charge in [-0.25, -0.2) is 4.98 Å². The minimum Gasteiger partial charge on any atom is -0.495 e. The van der Waals surface area contributed by atoms with Crippen LogP contribution in [-0.4, -0.2) is 63.5 Å². The van der Waals surface area contributed by atoms with E-state index in [0.29, 0.717) is 5.95 Å². The lowest BCUT2D eigenvalue weighted by Gasteiger charge is -2.37. The Labute approximate surface area is 155 Å². The number of ether oxygens (including phenoxy) is 2. The second kappa shape index (κ2) is 9.24. The number of para-hydroxylation sites is 2. The highest BCUT2D eigenvalue weighted by atomic mass is 16.5. The minimum atomic E-state index is 0.672. The van der Waals surface area contributed by atoms with Gasteiger partial charge in [-0.3, -0.25) is 0 Å². The Kier molecular flexibility index (Phi) is 6.49. The van der Waals surface area contributed by atoms with Gasteiger partial charge in [0.05, 0.1) is 12.8 Å². The number of aromatic nitrogens is 2. The van der Waals surface area contributed by atoms with Gasteiger partial charge in [-0.15, -0.1) is 0 Å². The van der Waals surface area contributed by atoms with Gasteiger partial charge >= 0.3 is 0 Å². The molecule has 1 saturated heterocycles. The molecule has 0 saturated carbocycles. The Bertz CT molecular complexity index is 689. The maximum Gasteiger partial charge on any atom is 0.224 e. The molecule has 140 valence electrons. The standard InChI is InChI=1S/C19H27N5O2/c1-25-15-5-9-20-19-21-10-8-18(22-19)24-13-11-23(12-14-24)16-6-3-4-7-17(16)26-2/h3-4,6-8,10H,5,9,11-15H2,1-2H3,(H,20,21,22). The molecule has 0 amide bonds. The summed E-state index contributed by atoms with van der Waals surface area (Å²) in [6.45, 7) is 5.23. The molecular weight excluding hydrogens is 330 g/mol. The number of piperazine rings is 1. The number of hydrogen-bond donors (Lipinski definition) is 1. The molecule has 0 bridgehead atoms. The van der Waals surface area contributed by atoms with Crippen molar-refractivity contribution < 1.29 is 9.47 Å². The van der Waals surface area contributed by atoms with E-state index in [0.717, 1.165) is 63.0 Å². The van der Waals surface area contributed by atoms with E-state index in [4.69, 9.17) is 9.47 Å². The summed E-state index contributed by atoms with van der Waals surface area (Å²) in [5, 5.41) is 3.25. The molecule has 2 aromatic rings. The van der Waals surface area contributed by atoms with Crippen molar-refractivity contribution in [2.45, 2.75) is 6.42 Å². The van der Waals surface area contributed by atoms with E-state index >= 15 is 0 Å². The molecule has 2 heterocycles. The van der Waals surface area contributed by atoms with Crippen LogP contribution in [0, 0.1) is 0 Å². The molecule has 0 atom stereocenters. The van der Waals surface area contributed by atoms with E-state index in [2.05, 4.69) is 37.2 Å². The number of nitrogens with one attached hydrogen (secondary N) is 1. The summed E-state index contributed by atoms with van der Waals surface area (Å²) < 4.78 is 10.5. The van der Waals surface area contributed by atoms with Gasteiger partial charge in [0.15, 0.2) is 0 Å². The third-order valence-corrected chi connectivity index (χ3v) is 4.48. The zero-order valence-electron chi connectivity index (χ0n) is 15.5. The maximum atomic E-state index is 5.49. The third kappa shape index (κ3) is 4.54. The molecular formula is C19H27N5O2. The van der Waals surface area contributed by atoms with E-state index < -0.39 is 0 Å². The monoisotopic (exact) mass is 357 g/mol. The number of nitrogens with zero attached hydrogens (tertiary/aromatic N) is 4. The predicted molar refractivity (Wildman–Crippen MR) is 104 cm³/mol. The molecule has 0 aliphatic carbocycles. The van der Waals surface area contributed by atoms with E-state index in [9.17, 15) is 0 Å². The van der Waals surface area contributed by atoms with E-state index in [1.54, 1.807) is 14.2 Å². The van der Waals surface area contributed by atoms with Crippen LogP contribution < -0.4 is 19.9 Å². The van der Waals surface area contributed by atoms with Crippen LogP contribution in [0.3, 0.4) is 0 Å². The summed E-state index contributed by atoms with van der Waals surface area (Å²) in [6.07, 6.45) is 2.75. The van der Waals surface area contributed by atoms with Gasteiger partial charge in [-0.2, -0.15) is 4.98 Å². The summed E-state index contributed by atoms with van der Waals surface area (Å²) >= 11 is 0.